The Hall–Kier alpha value is -2.01. The van der Waals surface area contributed by atoms with Crippen molar-refractivity contribution in [3.8, 4) is 0 Å². The predicted molar refractivity (Wildman–Crippen MR) is 75.4 cm³/mol. The first-order valence-electron chi connectivity index (χ1n) is 5.55. The van der Waals surface area contributed by atoms with Gasteiger partial charge in [-0.25, -0.2) is 0 Å². The molecule has 19 heavy (non-hydrogen) atoms. The molecule has 0 saturated carbocycles. The summed E-state index contributed by atoms with van der Waals surface area (Å²) in [5, 5.41) is 11.1. The fourth-order valence-corrected chi connectivity index (χ4v) is 2.17. The number of rotatable bonds is 3. The molecule has 4 nitrogen and oxygen atoms in total. The zero-order valence-electron chi connectivity index (χ0n) is 10.1. The van der Waals surface area contributed by atoms with Crippen molar-refractivity contribution in [3.05, 3.63) is 73.7 Å². The molecule has 0 N–H and O–H groups in total. The number of hydrogen-bond acceptors (Lipinski definition) is 3. The van der Waals surface area contributed by atoms with Gasteiger partial charge in [0.05, 0.1) is 4.92 Å². The fraction of sp³-hybridized carbons (Fsp3) is 0.0714. The van der Waals surface area contributed by atoms with Crippen LogP contribution in [0.1, 0.15) is 21.5 Å². The van der Waals surface area contributed by atoms with Crippen LogP contribution in [-0.4, -0.2) is 10.7 Å². The highest BCUT2D eigenvalue weighted by Gasteiger charge is 2.24. The third kappa shape index (κ3) is 2.56. The van der Waals surface area contributed by atoms with E-state index < -0.39 is 4.92 Å². The predicted octanol–water partition coefficient (Wildman–Crippen LogP) is 3.90. The first-order valence-corrected chi connectivity index (χ1v) is 6.35. The number of halogens is 1. The van der Waals surface area contributed by atoms with Gasteiger partial charge in [-0.15, -0.1) is 0 Å². The van der Waals surface area contributed by atoms with Crippen molar-refractivity contribution >= 4 is 27.4 Å². The van der Waals surface area contributed by atoms with Crippen molar-refractivity contribution in [2.45, 2.75) is 6.92 Å². The van der Waals surface area contributed by atoms with Crippen LogP contribution in [0.15, 0.2) is 46.9 Å². The summed E-state index contributed by atoms with van der Waals surface area (Å²) in [6.07, 6.45) is 0. The van der Waals surface area contributed by atoms with Crippen molar-refractivity contribution in [2.24, 2.45) is 0 Å². The minimum Gasteiger partial charge on any atom is -0.288 e. The first kappa shape index (κ1) is 13.4. The van der Waals surface area contributed by atoms with Crippen molar-refractivity contribution in [2.75, 3.05) is 0 Å². The lowest BCUT2D eigenvalue weighted by Crippen LogP contribution is -2.08. The quantitative estimate of drug-likeness (QED) is 0.489. The second kappa shape index (κ2) is 5.32. The Morgan fingerprint density at radius 3 is 2.37 bits per heavy atom. The van der Waals surface area contributed by atoms with E-state index in [-0.39, 0.29) is 17.0 Å². The maximum atomic E-state index is 12.4. The summed E-state index contributed by atoms with van der Waals surface area (Å²) in [7, 11) is 0. The molecule has 0 bridgehead atoms. The van der Waals surface area contributed by atoms with E-state index in [0.29, 0.717) is 15.6 Å². The van der Waals surface area contributed by atoms with E-state index in [1.54, 1.807) is 43.3 Å². The lowest BCUT2D eigenvalue weighted by molar-refractivity contribution is -0.385. The van der Waals surface area contributed by atoms with Gasteiger partial charge in [-0.05, 0) is 18.6 Å². The molecule has 2 aromatic rings. The third-order valence-corrected chi connectivity index (χ3v) is 3.70. The first-order chi connectivity index (χ1) is 9.02. The molecule has 0 atom stereocenters. The summed E-state index contributed by atoms with van der Waals surface area (Å²) < 4.78 is 0.678. The van der Waals surface area contributed by atoms with Gasteiger partial charge in [0.15, 0.2) is 5.78 Å². The molecule has 0 unspecified atom stereocenters. The van der Waals surface area contributed by atoms with Gasteiger partial charge in [-0.3, -0.25) is 14.9 Å². The number of hydrogen-bond donors (Lipinski definition) is 0. The standard InChI is InChI=1S/C14H10BrNO3/c1-9-11(15)7-8-12(16(18)19)13(9)14(17)10-5-3-2-4-6-10/h2-8H,1H3. The summed E-state index contributed by atoms with van der Waals surface area (Å²) in [6.45, 7) is 1.69. The molecule has 0 aliphatic heterocycles. The zero-order valence-corrected chi connectivity index (χ0v) is 11.7. The Morgan fingerprint density at radius 2 is 1.79 bits per heavy atom. The number of nitro benzene ring substituents is 1. The maximum absolute atomic E-state index is 12.4. The van der Waals surface area contributed by atoms with Crippen molar-refractivity contribution < 1.29 is 9.72 Å². The van der Waals surface area contributed by atoms with E-state index >= 15 is 0 Å². The van der Waals surface area contributed by atoms with E-state index in [0.717, 1.165) is 0 Å². The molecule has 0 aromatic heterocycles. The smallest absolute Gasteiger partial charge is 0.280 e. The maximum Gasteiger partial charge on any atom is 0.280 e. The van der Waals surface area contributed by atoms with Crippen LogP contribution in [0, 0.1) is 17.0 Å². The molecule has 0 heterocycles. The van der Waals surface area contributed by atoms with Crippen molar-refractivity contribution in [3.63, 3.8) is 0 Å². The molecule has 0 radical (unpaired) electrons. The summed E-state index contributed by atoms with van der Waals surface area (Å²) in [5.74, 6) is -0.342. The SMILES string of the molecule is Cc1c(Br)ccc([N+](=O)[O-])c1C(=O)c1ccccc1. The van der Waals surface area contributed by atoms with Gasteiger partial charge < -0.3 is 0 Å². The Morgan fingerprint density at radius 1 is 1.16 bits per heavy atom. The second-order valence-corrected chi connectivity index (χ2v) is 4.87. The van der Waals surface area contributed by atoms with Crippen molar-refractivity contribution in [1.82, 2.24) is 0 Å². The average molecular weight is 320 g/mol. The van der Waals surface area contributed by atoms with Crippen molar-refractivity contribution in [1.29, 1.82) is 0 Å². The molecule has 0 spiro atoms. The molecule has 2 rings (SSSR count). The molecular weight excluding hydrogens is 310 g/mol. The van der Waals surface area contributed by atoms with E-state index in [1.807, 2.05) is 0 Å². The van der Waals surface area contributed by atoms with E-state index in [9.17, 15) is 14.9 Å². The molecule has 5 heteroatoms. The monoisotopic (exact) mass is 319 g/mol. The fourth-order valence-electron chi connectivity index (χ4n) is 1.84. The molecular formula is C14H10BrNO3. The van der Waals surface area contributed by atoms with E-state index in [2.05, 4.69) is 15.9 Å². The van der Waals surface area contributed by atoms with Crippen LogP contribution in [0.2, 0.25) is 0 Å². The third-order valence-electron chi connectivity index (χ3n) is 2.84. The average Bonchev–Trinajstić information content (AvgIpc) is 2.41. The topological polar surface area (TPSA) is 60.2 Å². The van der Waals surface area contributed by atoms with Gasteiger partial charge >= 0.3 is 0 Å². The molecule has 2 aromatic carbocycles. The van der Waals surface area contributed by atoms with Crippen LogP contribution in [0.4, 0.5) is 5.69 Å². The number of benzene rings is 2. The minimum atomic E-state index is -0.532. The van der Waals surface area contributed by atoms with E-state index in [1.165, 1.54) is 6.07 Å². The Bertz CT molecular complexity index is 653. The largest absolute Gasteiger partial charge is 0.288 e. The summed E-state index contributed by atoms with van der Waals surface area (Å²) in [4.78, 5) is 22.9. The Kier molecular flexibility index (Phi) is 3.76. The Labute approximate surface area is 118 Å². The summed E-state index contributed by atoms with van der Waals surface area (Å²) in [5.41, 5.74) is 0.968. The normalized spacial score (nSPS) is 10.2. The lowest BCUT2D eigenvalue weighted by atomic mass is 9.97. The van der Waals surface area contributed by atoms with Gasteiger partial charge in [0.25, 0.3) is 5.69 Å². The van der Waals surface area contributed by atoms with Gasteiger partial charge in [0.2, 0.25) is 0 Å². The summed E-state index contributed by atoms with van der Waals surface area (Å²) in [6, 6.07) is 11.5. The minimum absolute atomic E-state index is 0.130. The highest BCUT2D eigenvalue weighted by molar-refractivity contribution is 9.10. The number of carbonyl (C=O) groups is 1. The molecule has 0 aliphatic carbocycles. The van der Waals surface area contributed by atoms with Crippen LogP contribution in [0.25, 0.3) is 0 Å². The lowest BCUT2D eigenvalue weighted by Gasteiger charge is -2.07. The van der Waals surface area contributed by atoms with Gasteiger partial charge in [-0.2, -0.15) is 0 Å². The van der Waals surface area contributed by atoms with Gasteiger partial charge in [-0.1, -0.05) is 46.3 Å². The molecule has 0 aliphatic rings. The van der Waals surface area contributed by atoms with Gasteiger partial charge in [0, 0.05) is 16.1 Å². The number of carbonyl (C=O) groups excluding carboxylic acids is 1. The van der Waals surface area contributed by atoms with Crippen LogP contribution in [-0.2, 0) is 0 Å². The van der Waals surface area contributed by atoms with Crippen LogP contribution in [0.3, 0.4) is 0 Å². The number of ketones is 1. The highest BCUT2D eigenvalue weighted by atomic mass is 79.9. The molecule has 0 fully saturated rings. The zero-order chi connectivity index (χ0) is 14.0. The molecule has 0 saturated heterocycles. The molecule has 0 amide bonds. The summed E-state index contributed by atoms with van der Waals surface area (Å²) >= 11 is 3.30. The Balaban J connectivity index is 2.64. The molecule has 96 valence electrons. The second-order valence-electron chi connectivity index (χ2n) is 4.02. The van der Waals surface area contributed by atoms with E-state index in [4.69, 9.17) is 0 Å². The number of nitrogens with zero attached hydrogens (tertiary/aromatic N) is 1. The highest BCUT2D eigenvalue weighted by Crippen LogP contribution is 2.30. The van der Waals surface area contributed by atoms with Crippen LogP contribution in [0.5, 0.6) is 0 Å². The van der Waals surface area contributed by atoms with Gasteiger partial charge in [0.1, 0.15) is 5.56 Å². The van der Waals surface area contributed by atoms with Crippen LogP contribution < -0.4 is 0 Å². The van der Waals surface area contributed by atoms with Crippen LogP contribution >= 0.6 is 15.9 Å². The number of nitro groups is 1.